The van der Waals surface area contributed by atoms with E-state index in [1.54, 1.807) is 41.8 Å². The lowest BCUT2D eigenvalue weighted by atomic mass is 10.1. The highest BCUT2D eigenvalue weighted by molar-refractivity contribution is 7.90. The first-order valence-electron chi connectivity index (χ1n) is 8.80. The van der Waals surface area contributed by atoms with Gasteiger partial charge in [0.25, 0.3) is 10.0 Å². The van der Waals surface area contributed by atoms with Gasteiger partial charge in [-0.05, 0) is 24.3 Å². The van der Waals surface area contributed by atoms with Crippen molar-refractivity contribution in [1.82, 2.24) is 9.71 Å². The minimum atomic E-state index is -3.69. The maximum Gasteiger partial charge on any atom is 0.387 e. The number of anilines is 1. The summed E-state index contributed by atoms with van der Waals surface area (Å²) in [5.41, 5.74) is 1.11. The van der Waals surface area contributed by atoms with Crippen LogP contribution in [0.25, 0.3) is 11.3 Å². The second-order valence-corrected chi connectivity index (χ2v) is 8.74. The van der Waals surface area contributed by atoms with Crippen LogP contribution in [-0.4, -0.2) is 38.3 Å². The Bertz CT molecular complexity index is 1280. The number of nitrogens with one attached hydrogen (secondary N) is 2. The number of benzene rings is 2. The molecule has 3 aromatic rings. The summed E-state index contributed by atoms with van der Waals surface area (Å²) in [7, 11) is -3.69. The number of aromatic nitrogens is 1. The third-order valence-corrected chi connectivity index (χ3v) is 6.33. The normalized spacial score (nSPS) is 15.5. The van der Waals surface area contributed by atoms with Gasteiger partial charge in [0, 0.05) is 16.5 Å². The van der Waals surface area contributed by atoms with E-state index in [4.69, 9.17) is 0 Å². The van der Waals surface area contributed by atoms with Gasteiger partial charge < -0.3 is 10.1 Å². The molecule has 0 spiro atoms. The van der Waals surface area contributed by atoms with Gasteiger partial charge in [-0.2, -0.15) is 8.78 Å². The number of fused-ring (bicyclic) bond motifs is 1. The minimum Gasteiger partial charge on any atom is -0.434 e. The van der Waals surface area contributed by atoms with Crippen molar-refractivity contribution in [3.8, 4) is 17.0 Å². The zero-order valence-electron chi connectivity index (χ0n) is 15.6. The predicted octanol–water partition coefficient (Wildman–Crippen LogP) is 3.09. The number of amides is 1. The van der Waals surface area contributed by atoms with Gasteiger partial charge in [-0.1, -0.05) is 24.3 Å². The number of aliphatic imine (C=N–C) groups is 1. The van der Waals surface area contributed by atoms with Crippen LogP contribution in [0.1, 0.15) is 5.56 Å². The molecule has 4 rings (SSSR count). The highest BCUT2D eigenvalue weighted by atomic mass is 32.2. The zero-order chi connectivity index (χ0) is 22.0. The molecule has 2 heterocycles. The lowest BCUT2D eigenvalue weighted by molar-refractivity contribution is -0.114. The van der Waals surface area contributed by atoms with E-state index in [2.05, 4.69) is 24.8 Å². The smallest absolute Gasteiger partial charge is 0.387 e. The topological polar surface area (TPSA) is 110 Å². The number of sulfonamides is 1. The molecule has 2 aromatic carbocycles. The Kier molecular flexibility index (Phi) is 5.65. The summed E-state index contributed by atoms with van der Waals surface area (Å²) < 4.78 is 56.2. The first-order chi connectivity index (χ1) is 14.8. The molecular weight excluding hydrogens is 450 g/mol. The Morgan fingerprint density at radius 3 is 2.65 bits per heavy atom. The summed E-state index contributed by atoms with van der Waals surface area (Å²) in [6.07, 6.45) is 0. The number of para-hydroxylation sites is 1. The molecule has 0 saturated heterocycles. The third kappa shape index (κ3) is 4.54. The van der Waals surface area contributed by atoms with Gasteiger partial charge in [0.1, 0.15) is 18.1 Å². The molecule has 0 aliphatic carbocycles. The van der Waals surface area contributed by atoms with Crippen molar-refractivity contribution in [2.24, 2.45) is 4.99 Å². The second-order valence-electron chi connectivity index (χ2n) is 6.23. The van der Waals surface area contributed by atoms with Crippen LogP contribution >= 0.6 is 11.3 Å². The Balaban J connectivity index is 1.46. The predicted molar refractivity (Wildman–Crippen MR) is 111 cm³/mol. The number of carbonyl (C=O) groups is 1. The molecule has 0 bridgehead atoms. The number of rotatable bonds is 6. The number of nitrogens with zero attached hydrogens (tertiary/aromatic N) is 2. The fourth-order valence-corrected chi connectivity index (χ4v) is 4.87. The molecule has 12 heteroatoms. The van der Waals surface area contributed by atoms with Gasteiger partial charge in [0.2, 0.25) is 5.91 Å². The number of hydrogen-bond donors (Lipinski definition) is 2. The molecule has 0 unspecified atom stereocenters. The summed E-state index contributed by atoms with van der Waals surface area (Å²) in [6.45, 7) is -3.32. The molecule has 160 valence electrons. The lowest BCUT2D eigenvalue weighted by Crippen LogP contribution is -2.24. The van der Waals surface area contributed by atoms with E-state index >= 15 is 0 Å². The first-order valence-corrected chi connectivity index (χ1v) is 11.2. The van der Waals surface area contributed by atoms with Crippen LogP contribution in [-0.2, 0) is 14.8 Å². The van der Waals surface area contributed by atoms with Crippen LogP contribution < -0.4 is 14.8 Å². The molecule has 0 saturated carbocycles. The van der Waals surface area contributed by atoms with E-state index < -0.39 is 22.5 Å². The summed E-state index contributed by atoms with van der Waals surface area (Å²) >= 11 is 1.10. The van der Waals surface area contributed by atoms with E-state index in [9.17, 15) is 22.0 Å². The number of halogens is 2. The van der Waals surface area contributed by atoms with Crippen LogP contribution in [0.5, 0.6) is 5.75 Å². The summed E-state index contributed by atoms with van der Waals surface area (Å²) in [6, 6.07) is 12.5. The summed E-state index contributed by atoms with van der Waals surface area (Å²) in [5, 5.41) is 4.39. The maximum atomic E-state index is 12.6. The molecule has 1 aromatic heterocycles. The fraction of sp³-hybridized carbons (Fsp3) is 0.105. The van der Waals surface area contributed by atoms with Crippen LogP contribution in [0.4, 0.5) is 13.9 Å². The van der Waals surface area contributed by atoms with Gasteiger partial charge in [-0.15, -0.1) is 11.3 Å². The molecule has 31 heavy (non-hydrogen) atoms. The second kappa shape index (κ2) is 8.40. The average Bonchev–Trinajstić information content (AvgIpc) is 3.29. The Morgan fingerprint density at radius 2 is 1.87 bits per heavy atom. The standard InChI is InChI=1S/C19H14F2N4O4S2/c20-18(21)29-14-7-3-1-5-11(14)13-10-30-19(23-13)24-16(26)9-22-17-12-6-2-4-8-15(12)31(27,28)25-17/h1-8,10,18H,9H2,(H,22,25)(H,23,24,26). The van der Waals surface area contributed by atoms with E-state index in [-0.39, 0.29) is 28.2 Å². The minimum absolute atomic E-state index is 0.0285. The summed E-state index contributed by atoms with van der Waals surface area (Å²) in [5.74, 6) is -0.461. The van der Waals surface area contributed by atoms with Crippen molar-refractivity contribution >= 4 is 38.2 Å². The summed E-state index contributed by atoms with van der Waals surface area (Å²) in [4.78, 5) is 20.6. The SMILES string of the molecule is O=C(CN=C1NS(=O)(=O)c2ccccc21)Nc1nc(-c2ccccc2OC(F)F)cs1. The van der Waals surface area contributed by atoms with Crippen molar-refractivity contribution in [2.75, 3.05) is 11.9 Å². The maximum absolute atomic E-state index is 12.6. The van der Waals surface area contributed by atoms with Gasteiger partial charge >= 0.3 is 6.61 Å². The van der Waals surface area contributed by atoms with Crippen LogP contribution in [0, 0.1) is 0 Å². The van der Waals surface area contributed by atoms with Crippen molar-refractivity contribution in [2.45, 2.75) is 11.5 Å². The largest absolute Gasteiger partial charge is 0.434 e. The lowest BCUT2D eigenvalue weighted by Gasteiger charge is -2.08. The Hall–Kier alpha value is -3.38. The van der Waals surface area contributed by atoms with Crippen LogP contribution in [0.2, 0.25) is 0 Å². The highest BCUT2D eigenvalue weighted by Crippen LogP contribution is 2.33. The molecule has 1 aliphatic rings. The zero-order valence-corrected chi connectivity index (χ0v) is 17.2. The number of amidine groups is 1. The molecule has 1 aliphatic heterocycles. The van der Waals surface area contributed by atoms with Gasteiger partial charge in [0.15, 0.2) is 5.13 Å². The number of alkyl halides is 2. The van der Waals surface area contributed by atoms with E-state index in [0.29, 0.717) is 16.8 Å². The number of hydrogen-bond acceptors (Lipinski definition) is 7. The molecule has 0 atom stereocenters. The third-order valence-electron chi connectivity index (χ3n) is 4.17. The molecule has 8 nitrogen and oxygen atoms in total. The molecule has 2 N–H and O–H groups in total. The van der Waals surface area contributed by atoms with Gasteiger partial charge in [-0.25, -0.2) is 13.4 Å². The van der Waals surface area contributed by atoms with Crippen molar-refractivity contribution in [3.05, 3.63) is 59.5 Å². The van der Waals surface area contributed by atoms with Gasteiger partial charge in [0.05, 0.1) is 10.6 Å². The van der Waals surface area contributed by atoms with Crippen LogP contribution in [0.15, 0.2) is 63.8 Å². The number of ether oxygens (including phenoxy) is 1. The number of carbonyl (C=O) groups excluding carboxylic acids is 1. The quantitative estimate of drug-likeness (QED) is 0.583. The highest BCUT2D eigenvalue weighted by Gasteiger charge is 2.30. The van der Waals surface area contributed by atoms with Crippen molar-refractivity contribution < 1.29 is 26.7 Å². The molecule has 0 fully saturated rings. The molecule has 1 amide bonds. The Labute approximate surface area is 179 Å². The van der Waals surface area contributed by atoms with E-state index in [0.717, 1.165) is 11.3 Å². The fourth-order valence-electron chi connectivity index (χ4n) is 2.89. The number of thiazole rings is 1. The van der Waals surface area contributed by atoms with E-state index in [1.165, 1.54) is 12.1 Å². The van der Waals surface area contributed by atoms with Crippen molar-refractivity contribution in [1.29, 1.82) is 0 Å². The van der Waals surface area contributed by atoms with E-state index in [1.807, 2.05) is 0 Å². The monoisotopic (exact) mass is 464 g/mol. The van der Waals surface area contributed by atoms with Gasteiger partial charge in [-0.3, -0.25) is 14.5 Å². The molecule has 0 radical (unpaired) electrons. The average molecular weight is 464 g/mol. The first kappa shape index (κ1) is 20.9. The molecular formula is C19H14F2N4O4S2. The Morgan fingerprint density at radius 1 is 1.16 bits per heavy atom. The van der Waals surface area contributed by atoms with Crippen molar-refractivity contribution in [3.63, 3.8) is 0 Å². The van der Waals surface area contributed by atoms with Crippen LogP contribution in [0.3, 0.4) is 0 Å².